The van der Waals surface area contributed by atoms with Crippen molar-refractivity contribution in [1.82, 2.24) is 10.2 Å². The van der Waals surface area contributed by atoms with Crippen molar-refractivity contribution in [1.29, 1.82) is 0 Å². The van der Waals surface area contributed by atoms with E-state index in [2.05, 4.69) is 34.6 Å². The van der Waals surface area contributed by atoms with Gasteiger partial charge in [0.25, 0.3) is 0 Å². The highest BCUT2D eigenvalue weighted by Crippen LogP contribution is 2.29. The maximum atomic E-state index is 12.7. The minimum atomic E-state index is -0.396. The highest BCUT2D eigenvalue weighted by atomic mass is 32.1. The molecular formula is C23H24N4O2S. The third-order valence-corrected chi connectivity index (χ3v) is 6.31. The number of nitrogens with one attached hydrogen (secondary N) is 1. The van der Waals surface area contributed by atoms with Crippen LogP contribution in [-0.4, -0.2) is 28.6 Å². The number of benzene rings is 2. The molecule has 1 fully saturated rings. The van der Waals surface area contributed by atoms with Gasteiger partial charge < -0.3 is 10.2 Å². The second kappa shape index (κ2) is 8.75. The van der Waals surface area contributed by atoms with Crippen molar-refractivity contribution in [3.05, 3.63) is 70.7 Å². The predicted molar refractivity (Wildman–Crippen MR) is 119 cm³/mol. The van der Waals surface area contributed by atoms with E-state index in [-0.39, 0.29) is 18.2 Å². The maximum absolute atomic E-state index is 12.7. The molecule has 0 unspecified atom stereocenters. The van der Waals surface area contributed by atoms with Gasteiger partial charge >= 0.3 is 0 Å². The first-order chi connectivity index (χ1) is 14.5. The van der Waals surface area contributed by atoms with Gasteiger partial charge in [0, 0.05) is 25.1 Å². The lowest BCUT2D eigenvalue weighted by Crippen LogP contribution is -2.28. The largest absolute Gasteiger partial charge is 0.311 e. The number of rotatable bonds is 6. The second-order valence-corrected chi connectivity index (χ2v) is 8.76. The molecule has 2 heterocycles. The summed E-state index contributed by atoms with van der Waals surface area (Å²) >= 11 is 1.39. The van der Waals surface area contributed by atoms with E-state index in [1.54, 1.807) is 4.90 Å². The van der Waals surface area contributed by atoms with Gasteiger partial charge in [0.05, 0.1) is 5.92 Å². The zero-order valence-electron chi connectivity index (χ0n) is 17.0. The molecule has 3 aromatic rings. The van der Waals surface area contributed by atoms with E-state index < -0.39 is 5.92 Å². The van der Waals surface area contributed by atoms with Gasteiger partial charge in [0.1, 0.15) is 5.01 Å². The lowest BCUT2D eigenvalue weighted by Gasteiger charge is -2.18. The Labute approximate surface area is 180 Å². The monoisotopic (exact) mass is 420 g/mol. The second-order valence-electron chi connectivity index (χ2n) is 7.70. The van der Waals surface area contributed by atoms with Crippen molar-refractivity contribution in [2.24, 2.45) is 5.92 Å². The molecule has 1 aromatic heterocycles. The van der Waals surface area contributed by atoms with Crippen LogP contribution < -0.4 is 10.2 Å². The summed E-state index contributed by atoms with van der Waals surface area (Å²) in [6.07, 6.45) is 0.970. The Hall–Kier alpha value is -3.06. The molecule has 30 heavy (non-hydrogen) atoms. The minimum Gasteiger partial charge on any atom is -0.311 e. The lowest BCUT2D eigenvalue weighted by molar-refractivity contribution is -0.122. The third kappa shape index (κ3) is 4.41. The number of nitrogens with zero attached hydrogens (tertiary/aromatic N) is 3. The molecule has 4 rings (SSSR count). The van der Waals surface area contributed by atoms with Gasteiger partial charge in [-0.25, -0.2) is 0 Å². The van der Waals surface area contributed by atoms with Crippen LogP contribution in [0.25, 0.3) is 0 Å². The number of para-hydroxylation sites is 1. The summed E-state index contributed by atoms with van der Waals surface area (Å²) in [6.45, 7) is 4.50. The smallest absolute Gasteiger partial charge is 0.231 e. The van der Waals surface area contributed by atoms with Crippen molar-refractivity contribution in [2.45, 2.75) is 32.6 Å². The van der Waals surface area contributed by atoms with E-state index in [0.29, 0.717) is 17.6 Å². The molecule has 2 amide bonds. The molecule has 6 nitrogen and oxygen atoms in total. The Morgan fingerprint density at radius 3 is 2.67 bits per heavy atom. The van der Waals surface area contributed by atoms with Gasteiger partial charge in [0.2, 0.25) is 16.9 Å². The van der Waals surface area contributed by atoms with E-state index in [1.807, 2.05) is 49.4 Å². The van der Waals surface area contributed by atoms with Gasteiger partial charge in [-0.05, 0) is 30.0 Å². The van der Waals surface area contributed by atoms with Crippen LogP contribution in [-0.2, 0) is 16.0 Å². The number of hydrogen-bond acceptors (Lipinski definition) is 5. The van der Waals surface area contributed by atoms with Crippen LogP contribution in [0.5, 0.6) is 0 Å². The van der Waals surface area contributed by atoms with Crippen molar-refractivity contribution in [3.63, 3.8) is 0 Å². The number of carbonyl (C=O) groups is 2. The molecule has 2 aromatic carbocycles. The van der Waals surface area contributed by atoms with Gasteiger partial charge in [-0.3, -0.25) is 9.59 Å². The minimum absolute atomic E-state index is 0.0286. The fourth-order valence-corrected chi connectivity index (χ4v) is 4.61. The zero-order chi connectivity index (χ0) is 21.1. The summed E-state index contributed by atoms with van der Waals surface area (Å²) in [4.78, 5) is 26.9. The van der Waals surface area contributed by atoms with E-state index in [9.17, 15) is 9.59 Å². The van der Waals surface area contributed by atoms with Gasteiger partial charge in [-0.15, -0.1) is 10.2 Å². The first-order valence-electron chi connectivity index (χ1n) is 10.1. The number of hydrogen-bond donors (Lipinski definition) is 1. The van der Waals surface area contributed by atoms with E-state index in [1.165, 1.54) is 16.9 Å². The molecule has 1 aliphatic rings. The first kappa shape index (κ1) is 20.2. The Balaban J connectivity index is 1.37. The summed E-state index contributed by atoms with van der Waals surface area (Å²) in [5.74, 6) is -0.289. The number of aryl methyl sites for hydroxylation is 1. The Morgan fingerprint density at radius 1 is 1.17 bits per heavy atom. The Bertz CT molecular complexity index is 1050. The molecule has 0 radical (unpaired) electrons. The average Bonchev–Trinajstić information content (AvgIpc) is 3.35. The lowest BCUT2D eigenvalue weighted by atomic mass is 9.98. The van der Waals surface area contributed by atoms with Gasteiger partial charge in [0.15, 0.2) is 0 Å². The Kier molecular flexibility index (Phi) is 5.90. The normalized spacial score (nSPS) is 17.2. The molecule has 1 saturated heterocycles. The highest BCUT2D eigenvalue weighted by Gasteiger charge is 2.36. The highest BCUT2D eigenvalue weighted by molar-refractivity contribution is 7.15. The standard InChI is InChI=1S/C23H24N4O2S/c1-15-8-6-7-11-19(15)27-14-18(13-21(27)28)22(29)24-23-26-25-20(30-23)12-16(2)17-9-4-3-5-10-17/h3-11,16,18H,12-14H2,1-2H3,(H,24,26,29)/t16-,18-/m1/s1. The van der Waals surface area contributed by atoms with Crippen LogP contribution >= 0.6 is 11.3 Å². The van der Waals surface area contributed by atoms with Crippen LogP contribution in [0.15, 0.2) is 54.6 Å². The van der Waals surface area contributed by atoms with Crippen LogP contribution in [0.4, 0.5) is 10.8 Å². The van der Waals surface area contributed by atoms with Crippen LogP contribution in [0.2, 0.25) is 0 Å². The number of aromatic nitrogens is 2. The van der Waals surface area contributed by atoms with E-state index in [0.717, 1.165) is 22.7 Å². The molecule has 0 aliphatic carbocycles. The van der Waals surface area contributed by atoms with E-state index >= 15 is 0 Å². The van der Waals surface area contributed by atoms with Crippen molar-refractivity contribution < 1.29 is 9.59 Å². The first-order valence-corrected chi connectivity index (χ1v) is 10.9. The van der Waals surface area contributed by atoms with Gasteiger partial charge in [-0.1, -0.05) is 66.8 Å². The molecular weight excluding hydrogens is 396 g/mol. The molecule has 2 atom stereocenters. The Morgan fingerprint density at radius 2 is 1.90 bits per heavy atom. The average molecular weight is 421 g/mol. The maximum Gasteiger partial charge on any atom is 0.231 e. The quantitative estimate of drug-likeness (QED) is 0.649. The molecule has 1 N–H and O–H groups in total. The summed E-state index contributed by atoms with van der Waals surface area (Å²) in [7, 11) is 0. The summed E-state index contributed by atoms with van der Waals surface area (Å²) in [5.41, 5.74) is 3.14. The van der Waals surface area contributed by atoms with Crippen molar-refractivity contribution >= 4 is 34.0 Å². The molecule has 7 heteroatoms. The number of anilines is 2. The summed E-state index contributed by atoms with van der Waals surface area (Å²) < 4.78 is 0. The molecule has 0 bridgehead atoms. The molecule has 154 valence electrons. The van der Waals surface area contributed by atoms with Crippen LogP contribution in [0.1, 0.15) is 35.4 Å². The van der Waals surface area contributed by atoms with Crippen molar-refractivity contribution in [2.75, 3.05) is 16.8 Å². The van der Waals surface area contributed by atoms with Crippen LogP contribution in [0.3, 0.4) is 0 Å². The molecule has 0 spiro atoms. The van der Waals surface area contributed by atoms with Crippen LogP contribution in [0, 0.1) is 12.8 Å². The van der Waals surface area contributed by atoms with E-state index in [4.69, 9.17) is 0 Å². The summed E-state index contributed by atoms with van der Waals surface area (Å²) in [6, 6.07) is 18.0. The molecule has 1 aliphatic heterocycles. The number of carbonyl (C=O) groups excluding carboxylic acids is 2. The SMILES string of the molecule is Cc1ccccc1N1C[C@H](C(=O)Nc2nnc(C[C@@H](C)c3ccccc3)s2)CC1=O. The topological polar surface area (TPSA) is 75.2 Å². The summed E-state index contributed by atoms with van der Waals surface area (Å²) in [5, 5.41) is 12.6. The fourth-order valence-electron chi connectivity index (χ4n) is 3.74. The van der Waals surface area contributed by atoms with Crippen molar-refractivity contribution in [3.8, 4) is 0 Å². The zero-order valence-corrected chi connectivity index (χ0v) is 17.9. The predicted octanol–water partition coefficient (Wildman–Crippen LogP) is 4.18. The molecule has 0 saturated carbocycles. The third-order valence-electron chi connectivity index (χ3n) is 5.45. The number of amides is 2. The van der Waals surface area contributed by atoms with Gasteiger partial charge in [-0.2, -0.15) is 0 Å². The fraction of sp³-hybridized carbons (Fsp3) is 0.304.